The summed E-state index contributed by atoms with van der Waals surface area (Å²) in [6, 6.07) is 7.47. The number of hydrogen-bond acceptors (Lipinski definition) is 4. The highest BCUT2D eigenvalue weighted by molar-refractivity contribution is 9.10. The quantitative estimate of drug-likeness (QED) is 0.870. The molecule has 2 N–H and O–H groups in total. The molecule has 0 spiro atoms. The summed E-state index contributed by atoms with van der Waals surface area (Å²) in [6.07, 6.45) is 1.57. The molecule has 0 saturated carbocycles. The highest BCUT2D eigenvalue weighted by atomic mass is 79.9. The van der Waals surface area contributed by atoms with Crippen molar-refractivity contribution in [2.24, 2.45) is 0 Å². The SMILES string of the molecule is Cc1cc(Br)ccc1Nc1nccc(C(=O)NC(C)(C)C)n1. The van der Waals surface area contributed by atoms with Crippen LogP contribution in [0.3, 0.4) is 0 Å². The Balaban J connectivity index is 2.20. The Kier molecular flexibility index (Phi) is 4.81. The Bertz CT molecular complexity index is 695. The maximum absolute atomic E-state index is 12.1. The Morgan fingerprint density at radius 3 is 2.59 bits per heavy atom. The van der Waals surface area contributed by atoms with Crippen LogP contribution in [0.5, 0.6) is 0 Å². The minimum Gasteiger partial charge on any atom is -0.346 e. The third kappa shape index (κ3) is 4.53. The van der Waals surface area contributed by atoms with Gasteiger partial charge >= 0.3 is 0 Å². The van der Waals surface area contributed by atoms with Crippen molar-refractivity contribution in [3.63, 3.8) is 0 Å². The number of amides is 1. The Hall–Kier alpha value is -1.95. The van der Waals surface area contributed by atoms with Gasteiger partial charge in [0, 0.05) is 21.9 Å². The van der Waals surface area contributed by atoms with Gasteiger partial charge in [0.25, 0.3) is 5.91 Å². The molecule has 2 rings (SSSR count). The van der Waals surface area contributed by atoms with Crippen molar-refractivity contribution in [3.05, 3.63) is 46.2 Å². The summed E-state index contributed by atoms with van der Waals surface area (Å²) in [4.78, 5) is 20.6. The first-order valence-corrected chi connectivity index (χ1v) is 7.73. The number of nitrogens with one attached hydrogen (secondary N) is 2. The van der Waals surface area contributed by atoms with Gasteiger partial charge in [-0.1, -0.05) is 15.9 Å². The maximum atomic E-state index is 12.1. The van der Waals surface area contributed by atoms with E-state index in [0.717, 1.165) is 15.7 Å². The molecule has 0 radical (unpaired) electrons. The Morgan fingerprint density at radius 2 is 1.95 bits per heavy atom. The van der Waals surface area contributed by atoms with Gasteiger partial charge in [0.05, 0.1) is 0 Å². The van der Waals surface area contributed by atoms with Crippen molar-refractivity contribution in [1.82, 2.24) is 15.3 Å². The van der Waals surface area contributed by atoms with Gasteiger partial charge in [-0.05, 0) is 57.5 Å². The van der Waals surface area contributed by atoms with Gasteiger partial charge in [0.15, 0.2) is 0 Å². The molecule has 5 nitrogen and oxygen atoms in total. The second-order valence-corrected chi connectivity index (χ2v) is 6.97. The van der Waals surface area contributed by atoms with Gasteiger partial charge in [-0.3, -0.25) is 4.79 Å². The molecule has 0 aliphatic rings. The fourth-order valence-electron chi connectivity index (χ4n) is 1.84. The molecule has 1 heterocycles. The lowest BCUT2D eigenvalue weighted by atomic mass is 10.1. The minimum absolute atomic E-state index is 0.217. The zero-order chi connectivity index (χ0) is 16.3. The van der Waals surface area contributed by atoms with E-state index in [2.05, 4.69) is 36.5 Å². The summed E-state index contributed by atoms with van der Waals surface area (Å²) in [7, 11) is 0. The van der Waals surface area contributed by atoms with E-state index in [1.165, 1.54) is 0 Å². The monoisotopic (exact) mass is 362 g/mol. The third-order valence-corrected chi connectivity index (χ3v) is 3.30. The molecule has 22 heavy (non-hydrogen) atoms. The summed E-state index contributed by atoms with van der Waals surface area (Å²) in [5, 5.41) is 6.02. The number of halogens is 1. The lowest BCUT2D eigenvalue weighted by Crippen LogP contribution is -2.41. The van der Waals surface area contributed by atoms with Crippen LogP contribution in [-0.4, -0.2) is 21.4 Å². The number of anilines is 2. The zero-order valence-electron chi connectivity index (χ0n) is 13.1. The first kappa shape index (κ1) is 16.4. The van der Waals surface area contributed by atoms with Crippen molar-refractivity contribution in [1.29, 1.82) is 0 Å². The summed E-state index contributed by atoms with van der Waals surface area (Å²) in [5.74, 6) is 0.178. The van der Waals surface area contributed by atoms with Crippen LogP contribution in [-0.2, 0) is 0 Å². The molecule has 0 bridgehead atoms. The normalized spacial score (nSPS) is 11.1. The van der Waals surface area contributed by atoms with Crippen LogP contribution in [0.1, 0.15) is 36.8 Å². The largest absolute Gasteiger partial charge is 0.346 e. The summed E-state index contributed by atoms with van der Waals surface area (Å²) < 4.78 is 1.01. The number of nitrogens with zero attached hydrogens (tertiary/aromatic N) is 2. The van der Waals surface area contributed by atoms with Gasteiger partial charge in [-0.25, -0.2) is 9.97 Å². The van der Waals surface area contributed by atoms with Gasteiger partial charge in [0.2, 0.25) is 5.95 Å². The second-order valence-electron chi connectivity index (χ2n) is 6.05. The first-order valence-electron chi connectivity index (χ1n) is 6.93. The fraction of sp³-hybridized carbons (Fsp3) is 0.312. The van der Waals surface area contributed by atoms with E-state index in [0.29, 0.717) is 11.6 Å². The van der Waals surface area contributed by atoms with Crippen LogP contribution < -0.4 is 10.6 Å². The van der Waals surface area contributed by atoms with Gasteiger partial charge < -0.3 is 10.6 Å². The lowest BCUT2D eigenvalue weighted by molar-refractivity contribution is 0.0914. The van der Waals surface area contributed by atoms with Crippen LogP contribution >= 0.6 is 15.9 Å². The van der Waals surface area contributed by atoms with E-state index >= 15 is 0 Å². The van der Waals surface area contributed by atoms with E-state index in [1.54, 1.807) is 12.3 Å². The molecule has 1 aromatic carbocycles. The Labute approximate surface area is 138 Å². The first-order chi connectivity index (χ1) is 10.2. The second kappa shape index (κ2) is 6.44. The molecule has 0 aliphatic heterocycles. The molecular weight excluding hydrogens is 344 g/mol. The summed E-state index contributed by atoms with van der Waals surface area (Å²) in [6.45, 7) is 7.77. The van der Waals surface area contributed by atoms with Crippen molar-refractivity contribution >= 4 is 33.5 Å². The smallest absolute Gasteiger partial charge is 0.270 e. The molecule has 0 saturated heterocycles. The van der Waals surface area contributed by atoms with Crippen LogP contribution in [0.25, 0.3) is 0 Å². The van der Waals surface area contributed by atoms with Crippen molar-refractivity contribution < 1.29 is 4.79 Å². The van der Waals surface area contributed by atoms with E-state index in [4.69, 9.17) is 0 Å². The van der Waals surface area contributed by atoms with Gasteiger partial charge in [0.1, 0.15) is 5.69 Å². The van der Waals surface area contributed by atoms with E-state index in [9.17, 15) is 4.79 Å². The predicted molar refractivity (Wildman–Crippen MR) is 91.4 cm³/mol. The number of carbonyl (C=O) groups excluding carboxylic acids is 1. The maximum Gasteiger partial charge on any atom is 0.270 e. The standard InChI is InChI=1S/C16H19BrN4O/c1-10-9-11(17)5-6-12(10)19-15-18-8-7-13(20-15)14(22)21-16(2,3)4/h5-9H,1-4H3,(H,21,22)(H,18,19,20). The molecular formula is C16H19BrN4O. The zero-order valence-corrected chi connectivity index (χ0v) is 14.7. The van der Waals surface area contributed by atoms with Crippen LogP contribution in [0, 0.1) is 6.92 Å². The number of aromatic nitrogens is 2. The molecule has 6 heteroatoms. The van der Waals surface area contributed by atoms with Crippen LogP contribution in [0.2, 0.25) is 0 Å². The highest BCUT2D eigenvalue weighted by Crippen LogP contribution is 2.22. The molecule has 2 aromatic rings. The summed E-state index contributed by atoms with van der Waals surface area (Å²) in [5.41, 5.74) is 1.99. The molecule has 116 valence electrons. The summed E-state index contributed by atoms with van der Waals surface area (Å²) >= 11 is 3.43. The molecule has 0 fully saturated rings. The average Bonchev–Trinajstić information content (AvgIpc) is 2.40. The van der Waals surface area contributed by atoms with Crippen molar-refractivity contribution in [2.75, 3.05) is 5.32 Å². The average molecular weight is 363 g/mol. The number of benzene rings is 1. The highest BCUT2D eigenvalue weighted by Gasteiger charge is 2.16. The van der Waals surface area contributed by atoms with Gasteiger partial charge in [-0.2, -0.15) is 0 Å². The number of rotatable bonds is 3. The molecule has 1 aromatic heterocycles. The third-order valence-electron chi connectivity index (χ3n) is 2.81. The number of aryl methyl sites for hydroxylation is 1. The number of carbonyl (C=O) groups is 1. The predicted octanol–water partition coefficient (Wildman–Crippen LogP) is 3.82. The number of hydrogen-bond donors (Lipinski definition) is 2. The molecule has 0 atom stereocenters. The van der Waals surface area contributed by atoms with Crippen LogP contribution in [0.15, 0.2) is 34.9 Å². The van der Waals surface area contributed by atoms with E-state index < -0.39 is 0 Å². The molecule has 0 aliphatic carbocycles. The molecule has 0 unspecified atom stereocenters. The van der Waals surface area contributed by atoms with E-state index in [-0.39, 0.29) is 11.4 Å². The van der Waals surface area contributed by atoms with E-state index in [1.807, 2.05) is 45.9 Å². The van der Waals surface area contributed by atoms with Crippen LogP contribution in [0.4, 0.5) is 11.6 Å². The van der Waals surface area contributed by atoms with Gasteiger partial charge in [-0.15, -0.1) is 0 Å². The topological polar surface area (TPSA) is 66.9 Å². The minimum atomic E-state index is -0.308. The Morgan fingerprint density at radius 1 is 1.23 bits per heavy atom. The van der Waals surface area contributed by atoms with Crippen molar-refractivity contribution in [3.8, 4) is 0 Å². The molecule has 1 amide bonds. The fourth-order valence-corrected chi connectivity index (χ4v) is 2.31. The van der Waals surface area contributed by atoms with Crippen molar-refractivity contribution in [2.45, 2.75) is 33.2 Å². The lowest BCUT2D eigenvalue weighted by Gasteiger charge is -2.20.